The molecule has 0 saturated heterocycles. The minimum atomic E-state index is -0.0939. The molecule has 3 aromatic rings. The van der Waals surface area contributed by atoms with Crippen LogP contribution in [0.3, 0.4) is 0 Å². The number of anilines is 2. The molecule has 1 aliphatic rings. The number of nitrogens with one attached hydrogen (secondary N) is 1. The number of para-hydroxylation sites is 2. The zero-order valence-electron chi connectivity index (χ0n) is 15.1. The van der Waals surface area contributed by atoms with Crippen molar-refractivity contribution in [1.82, 2.24) is 5.32 Å². The lowest BCUT2D eigenvalue weighted by molar-refractivity contribution is 0.249. The van der Waals surface area contributed by atoms with Gasteiger partial charge in [-0.1, -0.05) is 59.8 Å². The number of thioether (sulfide) groups is 1. The predicted molar refractivity (Wildman–Crippen MR) is 120 cm³/mol. The molecule has 0 bridgehead atoms. The second-order valence-electron chi connectivity index (χ2n) is 6.29. The number of halogens is 1. The fourth-order valence-electron chi connectivity index (χ4n) is 3.05. The van der Waals surface area contributed by atoms with Gasteiger partial charge in [0.2, 0.25) is 0 Å². The first-order valence-electron chi connectivity index (χ1n) is 8.98. The van der Waals surface area contributed by atoms with Gasteiger partial charge in [-0.25, -0.2) is 4.79 Å². The summed E-state index contributed by atoms with van der Waals surface area (Å²) in [5.74, 6) is 1.71. The number of amides is 2. The van der Waals surface area contributed by atoms with E-state index >= 15 is 0 Å². The third-order valence-corrected chi connectivity index (χ3v) is 6.71. The first-order valence-corrected chi connectivity index (χ1v) is 11.3. The van der Waals surface area contributed by atoms with E-state index in [4.69, 9.17) is 11.6 Å². The van der Waals surface area contributed by atoms with Crippen LogP contribution < -0.4 is 10.2 Å². The third kappa shape index (κ3) is 4.32. The fraction of sp³-hybridized carbons (Fsp3) is 0.136. The summed E-state index contributed by atoms with van der Waals surface area (Å²) in [6, 6.07) is 23.8. The Bertz CT molecular complexity index is 950. The number of hydrogen-bond acceptors (Lipinski definition) is 3. The maximum absolute atomic E-state index is 13.0. The van der Waals surface area contributed by atoms with Gasteiger partial charge in [-0.2, -0.15) is 11.8 Å². The lowest BCUT2D eigenvalue weighted by atomic mass is 10.2. The molecule has 0 radical (unpaired) electrons. The number of fused-ring (bicyclic) bond motifs is 2. The molecule has 0 saturated carbocycles. The average molecular weight is 427 g/mol. The van der Waals surface area contributed by atoms with E-state index < -0.39 is 0 Å². The highest BCUT2D eigenvalue weighted by Crippen LogP contribution is 2.47. The molecular formula is C22H19ClN2OS2. The summed E-state index contributed by atoms with van der Waals surface area (Å²) in [4.78, 5) is 16.9. The van der Waals surface area contributed by atoms with Crippen LogP contribution in [0.15, 0.2) is 82.6 Å². The van der Waals surface area contributed by atoms with Gasteiger partial charge in [0.25, 0.3) is 0 Å². The Hall–Kier alpha value is -2.08. The van der Waals surface area contributed by atoms with Crippen LogP contribution in [0, 0.1) is 0 Å². The van der Waals surface area contributed by atoms with Gasteiger partial charge in [-0.05, 0) is 42.0 Å². The molecule has 0 aromatic heterocycles. The molecule has 1 aliphatic heterocycles. The van der Waals surface area contributed by atoms with E-state index in [0.29, 0.717) is 6.54 Å². The SMILES string of the molecule is O=C(NCCSCc1cccc(Cl)c1)N1c2ccccc2Sc2ccccc21. The minimum Gasteiger partial charge on any atom is -0.337 e. The highest BCUT2D eigenvalue weighted by atomic mass is 35.5. The number of nitrogens with zero attached hydrogens (tertiary/aromatic N) is 1. The number of rotatable bonds is 5. The summed E-state index contributed by atoms with van der Waals surface area (Å²) < 4.78 is 0. The zero-order chi connectivity index (χ0) is 19.3. The summed E-state index contributed by atoms with van der Waals surface area (Å²) in [6.45, 7) is 0.609. The van der Waals surface area contributed by atoms with Crippen molar-refractivity contribution in [3.8, 4) is 0 Å². The van der Waals surface area contributed by atoms with Crippen molar-refractivity contribution in [3.63, 3.8) is 0 Å². The quantitative estimate of drug-likeness (QED) is 0.467. The molecule has 0 fully saturated rings. The summed E-state index contributed by atoms with van der Waals surface area (Å²) in [5, 5.41) is 3.82. The number of carbonyl (C=O) groups excluding carboxylic acids is 1. The van der Waals surface area contributed by atoms with E-state index in [0.717, 1.165) is 37.7 Å². The van der Waals surface area contributed by atoms with Gasteiger partial charge < -0.3 is 5.32 Å². The van der Waals surface area contributed by atoms with Crippen LogP contribution in [0.2, 0.25) is 5.02 Å². The lowest BCUT2D eigenvalue weighted by Crippen LogP contribution is -2.39. The average Bonchev–Trinajstić information content (AvgIpc) is 2.71. The second-order valence-corrected chi connectivity index (χ2v) is 8.91. The Labute approximate surface area is 178 Å². The Balaban J connectivity index is 1.38. The minimum absolute atomic E-state index is 0.0939. The van der Waals surface area contributed by atoms with Crippen molar-refractivity contribution in [2.75, 3.05) is 17.2 Å². The maximum Gasteiger partial charge on any atom is 0.326 e. The highest BCUT2D eigenvalue weighted by Gasteiger charge is 2.27. The van der Waals surface area contributed by atoms with Crippen LogP contribution in [-0.4, -0.2) is 18.3 Å². The van der Waals surface area contributed by atoms with E-state index in [1.165, 1.54) is 5.56 Å². The van der Waals surface area contributed by atoms with Crippen LogP contribution in [0.5, 0.6) is 0 Å². The number of carbonyl (C=O) groups is 1. The van der Waals surface area contributed by atoms with Crippen molar-refractivity contribution in [2.24, 2.45) is 0 Å². The van der Waals surface area contributed by atoms with E-state index in [9.17, 15) is 4.79 Å². The normalized spacial score (nSPS) is 12.2. The lowest BCUT2D eigenvalue weighted by Gasteiger charge is -2.31. The van der Waals surface area contributed by atoms with Crippen LogP contribution in [-0.2, 0) is 5.75 Å². The Morgan fingerprint density at radius 1 is 0.964 bits per heavy atom. The molecule has 2 amide bonds. The Kier molecular flexibility index (Phi) is 6.15. The van der Waals surface area contributed by atoms with E-state index in [1.807, 2.05) is 54.6 Å². The van der Waals surface area contributed by atoms with Gasteiger partial charge in [0.05, 0.1) is 11.4 Å². The molecule has 0 spiro atoms. The summed E-state index contributed by atoms with van der Waals surface area (Å²) in [5.41, 5.74) is 3.05. The predicted octanol–water partition coefficient (Wildman–Crippen LogP) is 6.59. The smallest absolute Gasteiger partial charge is 0.326 e. The standard InChI is InChI=1S/C22H19ClN2OS2/c23-17-7-5-6-16(14-17)15-27-13-12-24-22(26)25-18-8-1-3-10-20(18)28-21-11-4-2-9-19(21)25/h1-11,14H,12-13,15H2,(H,24,26). The Morgan fingerprint density at radius 3 is 2.32 bits per heavy atom. The van der Waals surface area contributed by atoms with E-state index in [2.05, 4.69) is 23.5 Å². The van der Waals surface area contributed by atoms with Crippen molar-refractivity contribution < 1.29 is 4.79 Å². The molecular weight excluding hydrogens is 408 g/mol. The summed E-state index contributed by atoms with van der Waals surface area (Å²) in [6.07, 6.45) is 0. The van der Waals surface area contributed by atoms with Crippen molar-refractivity contribution in [1.29, 1.82) is 0 Å². The molecule has 4 rings (SSSR count). The molecule has 0 aliphatic carbocycles. The van der Waals surface area contributed by atoms with Gasteiger partial charge in [0, 0.05) is 32.9 Å². The van der Waals surface area contributed by atoms with Crippen molar-refractivity contribution in [2.45, 2.75) is 15.5 Å². The van der Waals surface area contributed by atoms with E-state index in [1.54, 1.807) is 28.4 Å². The first-order chi connectivity index (χ1) is 13.7. The highest BCUT2D eigenvalue weighted by molar-refractivity contribution is 7.99. The van der Waals surface area contributed by atoms with Gasteiger partial charge in [-0.3, -0.25) is 4.90 Å². The molecule has 0 atom stereocenters. The molecule has 0 unspecified atom stereocenters. The maximum atomic E-state index is 13.0. The molecule has 142 valence electrons. The van der Waals surface area contributed by atoms with Gasteiger partial charge >= 0.3 is 6.03 Å². The molecule has 3 aromatic carbocycles. The molecule has 1 N–H and O–H groups in total. The Morgan fingerprint density at radius 2 is 1.64 bits per heavy atom. The summed E-state index contributed by atoms with van der Waals surface area (Å²) in [7, 11) is 0. The fourth-order valence-corrected chi connectivity index (χ4v) is 5.13. The van der Waals surface area contributed by atoms with Crippen LogP contribution in [0.25, 0.3) is 0 Å². The van der Waals surface area contributed by atoms with E-state index in [-0.39, 0.29) is 6.03 Å². The van der Waals surface area contributed by atoms with Gasteiger partial charge in [0.15, 0.2) is 0 Å². The number of hydrogen-bond donors (Lipinski definition) is 1. The van der Waals surface area contributed by atoms with Crippen molar-refractivity contribution in [3.05, 3.63) is 83.4 Å². The zero-order valence-corrected chi connectivity index (χ0v) is 17.5. The van der Waals surface area contributed by atoms with Crippen molar-refractivity contribution >= 4 is 52.5 Å². The molecule has 6 heteroatoms. The van der Waals surface area contributed by atoms with Crippen LogP contribution in [0.1, 0.15) is 5.56 Å². The first kappa shape index (κ1) is 19.2. The number of urea groups is 1. The number of benzene rings is 3. The van der Waals surface area contributed by atoms with Gasteiger partial charge in [0.1, 0.15) is 0 Å². The second kappa shape index (κ2) is 8.95. The van der Waals surface area contributed by atoms with Gasteiger partial charge in [-0.15, -0.1) is 0 Å². The topological polar surface area (TPSA) is 32.3 Å². The van der Waals surface area contributed by atoms with Crippen LogP contribution >= 0.6 is 35.1 Å². The molecule has 28 heavy (non-hydrogen) atoms. The van der Waals surface area contributed by atoms with Crippen LogP contribution in [0.4, 0.5) is 16.2 Å². The molecule has 1 heterocycles. The monoisotopic (exact) mass is 426 g/mol. The largest absolute Gasteiger partial charge is 0.337 e. The third-order valence-electron chi connectivity index (χ3n) is 4.32. The molecule has 3 nitrogen and oxygen atoms in total. The summed E-state index contributed by atoms with van der Waals surface area (Å²) >= 11 is 9.50.